The van der Waals surface area contributed by atoms with Gasteiger partial charge in [0, 0.05) is 17.8 Å². The number of anilines is 1. The Hall–Kier alpha value is -1.91. The normalized spacial score (nSPS) is 21.7. The standard InChI is InChI=1S/C16H24N2O3/c1-10-5-4-6-11(7-10)18-16(19)12-8-14(20-2)15(21-3)9-13(12)17/h8-11H,4-7,17H2,1-3H3,(H,18,19)/t10-,11+/m1/s1. The molecule has 0 radical (unpaired) electrons. The molecule has 0 spiro atoms. The van der Waals surface area contributed by atoms with Crippen molar-refractivity contribution in [3.05, 3.63) is 17.7 Å². The summed E-state index contributed by atoms with van der Waals surface area (Å²) in [5.74, 6) is 1.55. The lowest BCUT2D eigenvalue weighted by molar-refractivity contribution is 0.0922. The van der Waals surface area contributed by atoms with Crippen LogP contribution in [0.3, 0.4) is 0 Å². The molecule has 0 saturated heterocycles. The number of benzene rings is 1. The number of nitrogens with one attached hydrogen (secondary N) is 1. The van der Waals surface area contributed by atoms with Gasteiger partial charge in [0.2, 0.25) is 0 Å². The van der Waals surface area contributed by atoms with Gasteiger partial charge < -0.3 is 20.5 Å². The minimum atomic E-state index is -0.146. The number of methoxy groups -OCH3 is 2. The van der Waals surface area contributed by atoms with E-state index < -0.39 is 0 Å². The molecular weight excluding hydrogens is 268 g/mol. The maximum atomic E-state index is 12.4. The van der Waals surface area contributed by atoms with Gasteiger partial charge in [-0.05, 0) is 24.8 Å². The van der Waals surface area contributed by atoms with Crippen LogP contribution in [0.4, 0.5) is 5.69 Å². The molecule has 1 aliphatic carbocycles. The Morgan fingerprint density at radius 3 is 2.52 bits per heavy atom. The number of carbonyl (C=O) groups excluding carboxylic acids is 1. The predicted octanol–water partition coefficient (Wildman–Crippen LogP) is 2.59. The van der Waals surface area contributed by atoms with Crippen LogP contribution in [0.25, 0.3) is 0 Å². The van der Waals surface area contributed by atoms with Crippen LogP contribution in [0.2, 0.25) is 0 Å². The van der Waals surface area contributed by atoms with Crippen molar-refractivity contribution in [3.63, 3.8) is 0 Å². The molecule has 1 amide bonds. The van der Waals surface area contributed by atoms with E-state index in [1.165, 1.54) is 6.42 Å². The molecule has 5 heteroatoms. The average Bonchev–Trinajstić information content (AvgIpc) is 2.46. The number of nitrogens with two attached hydrogens (primary N) is 1. The second-order valence-electron chi connectivity index (χ2n) is 5.74. The predicted molar refractivity (Wildman–Crippen MR) is 82.8 cm³/mol. The third kappa shape index (κ3) is 3.60. The number of rotatable bonds is 4. The first-order chi connectivity index (χ1) is 10.0. The van der Waals surface area contributed by atoms with E-state index in [0.717, 1.165) is 19.3 Å². The van der Waals surface area contributed by atoms with Crippen molar-refractivity contribution in [2.24, 2.45) is 5.92 Å². The van der Waals surface area contributed by atoms with Crippen LogP contribution < -0.4 is 20.5 Å². The van der Waals surface area contributed by atoms with Gasteiger partial charge >= 0.3 is 0 Å². The van der Waals surface area contributed by atoms with Crippen molar-refractivity contribution in [1.29, 1.82) is 0 Å². The van der Waals surface area contributed by atoms with Gasteiger partial charge in [-0.25, -0.2) is 0 Å². The van der Waals surface area contributed by atoms with Gasteiger partial charge in [-0.2, -0.15) is 0 Å². The summed E-state index contributed by atoms with van der Waals surface area (Å²) in [7, 11) is 3.08. The minimum absolute atomic E-state index is 0.146. The highest BCUT2D eigenvalue weighted by Crippen LogP contribution is 2.32. The van der Waals surface area contributed by atoms with Crippen molar-refractivity contribution >= 4 is 11.6 Å². The Labute approximate surface area is 125 Å². The Morgan fingerprint density at radius 2 is 1.90 bits per heavy atom. The SMILES string of the molecule is COc1cc(N)c(C(=O)N[C@H]2CCC[C@@H](C)C2)cc1OC. The molecule has 2 atom stereocenters. The number of ether oxygens (including phenoxy) is 2. The van der Waals surface area contributed by atoms with Gasteiger partial charge in [0.05, 0.1) is 19.8 Å². The number of hydrogen-bond donors (Lipinski definition) is 2. The van der Waals surface area contributed by atoms with Gasteiger partial charge in [0.15, 0.2) is 11.5 Å². The molecular formula is C16H24N2O3. The number of carbonyl (C=O) groups is 1. The number of nitrogen functional groups attached to an aromatic ring is 1. The van der Waals surface area contributed by atoms with Crippen LogP contribution in [0.1, 0.15) is 43.0 Å². The average molecular weight is 292 g/mol. The van der Waals surface area contributed by atoms with E-state index in [1.807, 2.05) is 0 Å². The lowest BCUT2D eigenvalue weighted by Gasteiger charge is -2.27. The summed E-state index contributed by atoms with van der Waals surface area (Å²) < 4.78 is 10.4. The first-order valence-corrected chi connectivity index (χ1v) is 7.37. The zero-order valence-electron chi connectivity index (χ0n) is 12.9. The molecule has 0 bridgehead atoms. The first-order valence-electron chi connectivity index (χ1n) is 7.37. The summed E-state index contributed by atoms with van der Waals surface area (Å²) in [6.45, 7) is 2.23. The zero-order valence-corrected chi connectivity index (χ0v) is 12.9. The second-order valence-corrected chi connectivity index (χ2v) is 5.74. The number of hydrogen-bond acceptors (Lipinski definition) is 4. The van der Waals surface area contributed by atoms with Crippen molar-refractivity contribution in [3.8, 4) is 11.5 Å². The van der Waals surface area contributed by atoms with E-state index in [1.54, 1.807) is 26.4 Å². The summed E-state index contributed by atoms with van der Waals surface area (Å²) in [5.41, 5.74) is 6.79. The van der Waals surface area contributed by atoms with Gasteiger partial charge in [0.25, 0.3) is 5.91 Å². The largest absolute Gasteiger partial charge is 0.493 e. The van der Waals surface area contributed by atoms with Crippen LogP contribution in [0.5, 0.6) is 11.5 Å². The quantitative estimate of drug-likeness (QED) is 0.837. The van der Waals surface area contributed by atoms with E-state index in [2.05, 4.69) is 12.2 Å². The van der Waals surface area contributed by atoms with Crippen molar-refractivity contribution in [2.75, 3.05) is 20.0 Å². The van der Waals surface area contributed by atoms with Crippen molar-refractivity contribution in [2.45, 2.75) is 38.6 Å². The molecule has 1 aliphatic rings. The second kappa shape index (κ2) is 6.70. The fraction of sp³-hybridized carbons (Fsp3) is 0.562. The molecule has 3 N–H and O–H groups in total. The molecule has 1 saturated carbocycles. The molecule has 0 heterocycles. The monoisotopic (exact) mass is 292 g/mol. The lowest BCUT2D eigenvalue weighted by Crippen LogP contribution is -2.38. The maximum absolute atomic E-state index is 12.4. The minimum Gasteiger partial charge on any atom is -0.493 e. The van der Waals surface area contributed by atoms with Crippen LogP contribution in [-0.2, 0) is 0 Å². The third-order valence-electron chi connectivity index (χ3n) is 4.07. The van der Waals surface area contributed by atoms with Gasteiger partial charge in [-0.3, -0.25) is 4.79 Å². The van der Waals surface area contributed by atoms with Crippen molar-refractivity contribution < 1.29 is 14.3 Å². The first kappa shape index (κ1) is 15.5. The molecule has 0 aromatic heterocycles. The van der Waals surface area contributed by atoms with Gasteiger partial charge in [-0.1, -0.05) is 19.8 Å². The van der Waals surface area contributed by atoms with E-state index in [9.17, 15) is 4.79 Å². The van der Waals surface area contributed by atoms with Gasteiger partial charge in [-0.15, -0.1) is 0 Å². The summed E-state index contributed by atoms with van der Waals surface area (Å²) in [4.78, 5) is 12.4. The lowest BCUT2D eigenvalue weighted by atomic mass is 9.87. The molecule has 5 nitrogen and oxygen atoms in total. The molecule has 1 fully saturated rings. The smallest absolute Gasteiger partial charge is 0.253 e. The van der Waals surface area contributed by atoms with Crippen LogP contribution in [0.15, 0.2) is 12.1 Å². The van der Waals surface area contributed by atoms with E-state index in [4.69, 9.17) is 15.2 Å². The van der Waals surface area contributed by atoms with E-state index in [0.29, 0.717) is 28.7 Å². The van der Waals surface area contributed by atoms with E-state index >= 15 is 0 Å². The Balaban J connectivity index is 2.15. The van der Waals surface area contributed by atoms with E-state index in [-0.39, 0.29) is 11.9 Å². The van der Waals surface area contributed by atoms with Crippen LogP contribution in [0, 0.1) is 5.92 Å². The molecule has 0 unspecified atom stereocenters. The fourth-order valence-electron chi connectivity index (χ4n) is 2.92. The maximum Gasteiger partial charge on any atom is 0.253 e. The molecule has 21 heavy (non-hydrogen) atoms. The Bertz CT molecular complexity index is 516. The Kier molecular flexibility index (Phi) is 4.94. The fourth-order valence-corrected chi connectivity index (χ4v) is 2.92. The van der Waals surface area contributed by atoms with Gasteiger partial charge in [0.1, 0.15) is 0 Å². The van der Waals surface area contributed by atoms with Crippen LogP contribution >= 0.6 is 0 Å². The molecule has 2 rings (SSSR count). The molecule has 0 aliphatic heterocycles. The molecule has 116 valence electrons. The van der Waals surface area contributed by atoms with Crippen molar-refractivity contribution in [1.82, 2.24) is 5.32 Å². The number of amides is 1. The summed E-state index contributed by atoms with van der Waals surface area (Å²) >= 11 is 0. The Morgan fingerprint density at radius 1 is 1.24 bits per heavy atom. The summed E-state index contributed by atoms with van der Waals surface area (Å²) in [6, 6.07) is 3.49. The molecule has 1 aromatic carbocycles. The van der Waals surface area contributed by atoms with Crippen LogP contribution in [-0.4, -0.2) is 26.2 Å². The summed E-state index contributed by atoms with van der Waals surface area (Å²) in [6.07, 6.45) is 4.46. The third-order valence-corrected chi connectivity index (χ3v) is 4.07. The summed E-state index contributed by atoms with van der Waals surface area (Å²) in [5, 5.41) is 3.08. The topological polar surface area (TPSA) is 73.6 Å². The highest BCUT2D eigenvalue weighted by atomic mass is 16.5. The zero-order chi connectivity index (χ0) is 15.4. The highest BCUT2D eigenvalue weighted by Gasteiger charge is 2.22. The highest BCUT2D eigenvalue weighted by molar-refractivity contribution is 6.00. The molecule has 1 aromatic rings.